The van der Waals surface area contributed by atoms with Crippen molar-refractivity contribution < 1.29 is 9.84 Å². The molecule has 1 N–H and O–H groups in total. The van der Waals surface area contributed by atoms with Crippen molar-refractivity contribution in [2.45, 2.75) is 19.6 Å². The second-order valence-electron chi connectivity index (χ2n) is 4.99. The van der Waals surface area contributed by atoms with Crippen LogP contribution in [0.1, 0.15) is 24.2 Å². The van der Waals surface area contributed by atoms with Crippen LogP contribution in [0.5, 0.6) is 5.75 Å². The summed E-state index contributed by atoms with van der Waals surface area (Å²) in [6, 6.07) is 17.6. The van der Waals surface area contributed by atoms with Crippen LogP contribution in [0.4, 0.5) is 0 Å². The molecule has 106 valence electrons. The van der Waals surface area contributed by atoms with Gasteiger partial charge in [0.05, 0.1) is 11.6 Å². The SMILES string of the molecule is CC(O)c1ccccc1OCc1cccc2cccnc12. The van der Waals surface area contributed by atoms with Gasteiger partial charge in [-0.1, -0.05) is 42.5 Å². The van der Waals surface area contributed by atoms with Crippen LogP contribution in [0.15, 0.2) is 60.8 Å². The quantitative estimate of drug-likeness (QED) is 0.788. The van der Waals surface area contributed by atoms with Gasteiger partial charge in [0.15, 0.2) is 0 Å². The van der Waals surface area contributed by atoms with Crippen LogP contribution in [0.3, 0.4) is 0 Å². The second-order valence-corrected chi connectivity index (χ2v) is 4.99. The van der Waals surface area contributed by atoms with Crippen molar-refractivity contribution in [2.24, 2.45) is 0 Å². The first-order valence-corrected chi connectivity index (χ1v) is 6.98. The maximum Gasteiger partial charge on any atom is 0.125 e. The van der Waals surface area contributed by atoms with Gasteiger partial charge in [-0.15, -0.1) is 0 Å². The molecule has 0 radical (unpaired) electrons. The molecule has 0 bridgehead atoms. The van der Waals surface area contributed by atoms with Crippen molar-refractivity contribution in [1.82, 2.24) is 4.98 Å². The van der Waals surface area contributed by atoms with Gasteiger partial charge in [0, 0.05) is 22.7 Å². The van der Waals surface area contributed by atoms with Crippen molar-refractivity contribution in [3.8, 4) is 5.75 Å². The molecule has 0 aliphatic rings. The van der Waals surface area contributed by atoms with E-state index in [0.717, 1.165) is 22.0 Å². The van der Waals surface area contributed by atoms with Crippen LogP contribution in [0.2, 0.25) is 0 Å². The summed E-state index contributed by atoms with van der Waals surface area (Å²) in [5.74, 6) is 0.709. The highest BCUT2D eigenvalue weighted by Crippen LogP contribution is 2.26. The molecule has 3 aromatic rings. The fraction of sp³-hybridized carbons (Fsp3) is 0.167. The van der Waals surface area contributed by atoms with Gasteiger partial charge in [-0.3, -0.25) is 4.98 Å². The Balaban J connectivity index is 1.87. The normalized spacial score (nSPS) is 12.3. The van der Waals surface area contributed by atoms with Crippen molar-refractivity contribution >= 4 is 10.9 Å². The lowest BCUT2D eigenvalue weighted by atomic mass is 10.1. The van der Waals surface area contributed by atoms with E-state index in [0.29, 0.717) is 12.4 Å². The van der Waals surface area contributed by atoms with Gasteiger partial charge < -0.3 is 9.84 Å². The topological polar surface area (TPSA) is 42.4 Å². The molecule has 0 spiro atoms. The highest BCUT2D eigenvalue weighted by atomic mass is 16.5. The first kappa shape index (κ1) is 13.6. The van der Waals surface area contributed by atoms with E-state index in [1.807, 2.05) is 54.6 Å². The van der Waals surface area contributed by atoms with Gasteiger partial charge in [0.2, 0.25) is 0 Å². The van der Waals surface area contributed by atoms with E-state index in [1.165, 1.54) is 0 Å². The Morgan fingerprint density at radius 2 is 1.86 bits per heavy atom. The third-order valence-electron chi connectivity index (χ3n) is 3.47. The van der Waals surface area contributed by atoms with Gasteiger partial charge in [-0.05, 0) is 19.1 Å². The summed E-state index contributed by atoms with van der Waals surface area (Å²) in [5, 5.41) is 10.9. The number of nitrogens with zero attached hydrogens (tertiary/aromatic N) is 1. The smallest absolute Gasteiger partial charge is 0.125 e. The molecule has 21 heavy (non-hydrogen) atoms. The first-order chi connectivity index (χ1) is 10.3. The Labute approximate surface area is 123 Å². The summed E-state index contributed by atoms with van der Waals surface area (Å²) < 4.78 is 5.89. The van der Waals surface area contributed by atoms with E-state index in [4.69, 9.17) is 4.74 Å². The number of aliphatic hydroxyl groups is 1. The number of hydrogen-bond donors (Lipinski definition) is 1. The van der Waals surface area contributed by atoms with Crippen LogP contribution < -0.4 is 4.74 Å². The number of ether oxygens (including phenoxy) is 1. The number of pyridine rings is 1. The van der Waals surface area contributed by atoms with E-state index >= 15 is 0 Å². The minimum absolute atomic E-state index is 0.429. The Morgan fingerprint density at radius 1 is 1.05 bits per heavy atom. The molecule has 0 amide bonds. The summed E-state index contributed by atoms with van der Waals surface area (Å²) in [7, 11) is 0. The van der Waals surface area contributed by atoms with Crippen LogP contribution >= 0.6 is 0 Å². The van der Waals surface area contributed by atoms with Crippen molar-refractivity contribution in [1.29, 1.82) is 0 Å². The monoisotopic (exact) mass is 279 g/mol. The Morgan fingerprint density at radius 3 is 2.71 bits per heavy atom. The molecule has 2 aromatic carbocycles. The average molecular weight is 279 g/mol. The third-order valence-corrected chi connectivity index (χ3v) is 3.47. The van der Waals surface area contributed by atoms with Gasteiger partial charge >= 0.3 is 0 Å². The number of aromatic nitrogens is 1. The zero-order valence-corrected chi connectivity index (χ0v) is 11.9. The highest BCUT2D eigenvalue weighted by Gasteiger charge is 2.09. The van der Waals surface area contributed by atoms with Crippen LogP contribution in [-0.4, -0.2) is 10.1 Å². The second kappa shape index (κ2) is 5.94. The molecule has 1 unspecified atom stereocenters. The predicted molar refractivity (Wildman–Crippen MR) is 83.2 cm³/mol. The molecule has 1 aromatic heterocycles. The van der Waals surface area contributed by atoms with Gasteiger partial charge in [-0.25, -0.2) is 0 Å². The maximum absolute atomic E-state index is 9.78. The van der Waals surface area contributed by atoms with E-state index in [2.05, 4.69) is 4.98 Å². The Kier molecular flexibility index (Phi) is 3.84. The molecule has 3 nitrogen and oxygen atoms in total. The zero-order valence-electron chi connectivity index (χ0n) is 11.9. The highest BCUT2D eigenvalue weighted by molar-refractivity contribution is 5.81. The number of fused-ring (bicyclic) bond motifs is 1. The van der Waals surface area contributed by atoms with E-state index in [1.54, 1.807) is 13.1 Å². The fourth-order valence-electron chi connectivity index (χ4n) is 2.40. The van der Waals surface area contributed by atoms with E-state index < -0.39 is 6.10 Å². The van der Waals surface area contributed by atoms with Crippen molar-refractivity contribution in [2.75, 3.05) is 0 Å². The molecule has 0 aliphatic carbocycles. The molecule has 0 saturated heterocycles. The van der Waals surface area contributed by atoms with E-state index in [-0.39, 0.29) is 0 Å². The first-order valence-electron chi connectivity index (χ1n) is 6.98. The van der Waals surface area contributed by atoms with Crippen LogP contribution in [-0.2, 0) is 6.61 Å². The maximum atomic E-state index is 9.78. The molecule has 0 saturated carbocycles. The fourth-order valence-corrected chi connectivity index (χ4v) is 2.40. The van der Waals surface area contributed by atoms with Crippen LogP contribution in [0, 0.1) is 0 Å². The number of rotatable bonds is 4. The largest absolute Gasteiger partial charge is 0.488 e. The van der Waals surface area contributed by atoms with Gasteiger partial charge in [0.25, 0.3) is 0 Å². The number of para-hydroxylation sites is 2. The van der Waals surface area contributed by atoms with Gasteiger partial charge in [0.1, 0.15) is 12.4 Å². The summed E-state index contributed by atoms with van der Waals surface area (Å²) in [6.45, 7) is 2.17. The summed E-state index contributed by atoms with van der Waals surface area (Å²) in [5.41, 5.74) is 2.79. The minimum Gasteiger partial charge on any atom is -0.488 e. The lowest BCUT2D eigenvalue weighted by Gasteiger charge is -2.14. The number of hydrogen-bond acceptors (Lipinski definition) is 3. The molecular weight excluding hydrogens is 262 g/mol. The minimum atomic E-state index is -0.549. The summed E-state index contributed by atoms with van der Waals surface area (Å²) in [4.78, 5) is 4.42. The predicted octanol–water partition coefficient (Wildman–Crippen LogP) is 3.87. The lowest BCUT2D eigenvalue weighted by Crippen LogP contribution is -2.01. The van der Waals surface area contributed by atoms with Gasteiger partial charge in [-0.2, -0.15) is 0 Å². The number of benzene rings is 2. The number of aliphatic hydroxyl groups excluding tert-OH is 1. The average Bonchev–Trinajstić information content (AvgIpc) is 2.53. The molecule has 3 rings (SSSR count). The van der Waals surface area contributed by atoms with Crippen LogP contribution in [0.25, 0.3) is 10.9 Å². The van der Waals surface area contributed by atoms with Crippen molar-refractivity contribution in [3.63, 3.8) is 0 Å². The summed E-state index contributed by atoms with van der Waals surface area (Å²) >= 11 is 0. The Hall–Kier alpha value is -2.39. The summed E-state index contributed by atoms with van der Waals surface area (Å²) in [6.07, 6.45) is 1.24. The van der Waals surface area contributed by atoms with E-state index in [9.17, 15) is 5.11 Å². The molecule has 1 heterocycles. The molecule has 0 aliphatic heterocycles. The molecule has 1 atom stereocenters. The zero-order chi connectivity index (χ0) is 14.7. The van der Waals surface area contributed by atoms with Crippen molar-refractivity contribution in [3.05, 3.63) is 71.9 Å². The lowest BCUT2D eigenvalue weighted by molar-refractivity contribution is 0.190. The Bertz CT molecular complexity index is 748. The molecule has 0 fully saturated rings. The molecule has 3 heteroatoms. The molecular formula is C18H17NO2. The standard InChI is InChI=1S/C18H17NO2/c1-13(20)16-9-2-3-10-17(16)21-12-15-7-4-6-14-8-5-11-19-18(14)15/h2-11,13,20H,12H2,1H3. The third kappa shape index (κ3) is 2.88.